The third kappa shape index (κ3) is 4.18. The molecule has 1 fully saturated rings. The summed E-state index contributed by atoms with van der Waals surface area (Å²) >= 11 is 0. The van der Waals surface area contributed by atoms with Gasteiger partial charge in [0, 0.05) is 45.0 Å². The molecule has 106 valence electrons. The summed E-state index contributed by atoms with van der Waals surface area (Å²) in [5.74, 6) is 1.92. The van der Waals surface area contributed by atoms with Gasteiger partial charge in [0.1, 0.15) is 5.82 Å². The Bertz CT molecular complexity index is 383. The van der Waals surface area contributed by atoms with Crippen molar-refractivity contribution >= 4 is 5.82 Å². The van der Waals surface area contributed by atoms with Crippen molar-refractivity contribution in [3.63, 3.8) is 0 Å². The molecule has 1 unspecified atom stereocenters. The number of aromatic nitrogens is 1. The molecule has 0 radical (unpaired) electrons. The Hall–Kier alpha value is -1.13. The van der Waals surface area contributed by atoms with Crippen molar-refractivity contribution in [2.24, 2.45) is 5.92 Å². The smallest absolute Gasteiger partial charge is 0.133 e. The largest absolute Gasteiger partial charge is 0.383 e. The third-order valence-electron chi connectivity index (χ3n) is 3.62. The number of hydrogen-bond donors (Lipinski definition) is 1. The lowest BCUT2D eigenvalue weighted by molar-refractivity contribution is 0.199. The number of pyridine rings is 1. The summed E-state index contributed by atoms with van der Waals surface area (Å²) in [6.45, 7) is 7.06. The molecular formula is C15H25N3O. The minimum Gasteiger partial charge on any atom is -0.383 e. The molecule has 1 aliphatic heterocycles. The molecule has 0 bridgehead atoms. The molecule has 0 aliphatic carbocycles. The first kappa shape index (κ1) is 14.3. The van der Waals surface area contributed by atoms with Crippen LogP contribution in [0.5, 0.6) is 0 Å². The fraction of sp³-hybridized carbons (Fsp3) is 0.667. The molecule has 0 saturated carbocycles. The van der Waals surface area contributed by atoms with Gasteiger partial charge in [-0.15, -0.1) is 0 Å². The number of methoxy groups -OCH3 is 1. The van der Waals surface area contributed by atoms with Crippen LogP contribution in [-0.4, -0.2) is 38.3 Å². The van der Waals surface area contributed by atoms with Crippen LogP contribution in [0.15, 0.2) is 18.3 Å². The van der Waals surface area contributed by atoms with Crippen LogP contribution in [0.2, 0.25) is 0 Å². The quantitative estimate of drug-likeness (QED) is 0.797. The highest BCUT2D eigenvalue weighted by Gasteiger charge is 2.19. The van der Waals surface area contributed by atoms with E-state index in [0.717, 1.165) is 44.5 Å². The van der Waals surface area contributed by atoms with Gasteiger partial charge >= 0.3 is 0 Å². The molecular weight excluding hydrogens is 238 g/mol. The molecule has 19 heavy (non-hydrogen) atoms. The van der Waals surface area contributed by atoms with Crippen molar-refractivity contribution < 1.29 is 4.74 Å². The van der Waals surface area contributed by atoms with Gasteiger partial charge in [-0.25, -0.2) is 4.98 Å². The second-order valence-corrected chi connectivity index (χ2v) is 5.35. The molecule has 1 aromatic heterocycles. The Balaban J connectivity index is 1.99. The molecule has 1 saturated heterocycles. The van der Waals surface area contributed by atoms with Crippen molar-refractivity contribution in [3.8, 4) is 0 Å². The van der Waals surface area contributed by atoms with Gasteiger partial charge < -0.3 is 15.0 Å². The number of anilines is 1. The van der Waals surface area contributed by atoms with E-state index in [-0.39, 0.29) is 0 Å². The molecule has 0 spiro atoms. The van der Waals surface area contributed by atoms with Crippen LogP contribution in [0.1, 0.15) is 25.3 Å². The van der Waals surface area contributed by atoms with Crippen LogP contribution >= 0.6 is 0 Å². The van der Waals surface area contributed by atoms with E-state index >= 15 is 0 Å². The van der Waals surface area contributed by atoms with Crippen LogP contribution in [0.3, 0.4) is 0 Å². The zero-order chi connectivity index (χ0) is 13.5. The minimum atomic E-state index is 0.746. The van der Waals surface area contributed by atoms with E-state index in [1.54, 1.807) is 7.11 Å². The number of nitrogens with one attached hydrogen (secondary N) is 1. The van der Waals surface area contributed by atoms with E-state index in [4.69, 9.17) is 4.74 Å². The number of rotatable bonds is 6. The Morgan fingerprint density at radius 3 is 3.21 bits per heavy atom. The maximum absolute atomic E-state index is 5.05. The van der Waals surface area contributed by atoms with E-state index in [1.807, 2.05) is 12.3 Å². The summed E-state index contributed by atoms with van der Waals surface area (Å²) in [6.07, 6.45) is 4.51. The number of piperidine rings is 1. The fourth-order valence-corrected chi connectivity index (χ4v) is 2.63. The lowest BCUT2D eigenvalue weighted by Gasteiger charge is -2.33. The second-order valence-electron chi connectivity index (χ2n) is 5.35. The highest BCUT2D eigenvalue weighted by Crippen LogP contribution is 2.23. The topological polar surface area (TPSA) is 37.4 Å². The SMILES string of the molecule is COCCNCc1cccnc1N1CCCC(C)C1. The fourth-order valence-electron chi connectivity index (χ4n) is 2.63. The standard InChI is InChI=1S/C15H25N3O/c1-13-5-4-9-18(12-13)15-14(6-3-7-17-15)11-16-8-10-19-2/h3,6-7,13,16H,4-5,8-12H2,1-2H3. The zero-order valence-electron chi connectivity index (χ0n) is 12.1. The zero-order valence-corrected chi connectivity index (χ0v) is 12.1. The summed E-state index contributed by atoms with van der Waals surface area (Å²) in [7, 11) is 1.73. The summed E-state index contributed by atoms with van der Waals surface area (Å²) in [5, 5.41) is 3.40. The van der Waals surface area contributed by atoms with Gasteiger partial charge in [-0.05, 0) is 24.8 Å². The van der Waals surface area contributed by atoms with Gasteiger partial charge in [-0.2, -0.15) is 0 Å². The van der Waals surface area contributed by atoms with Crippen molar-refractivity contribution in [2.45, 2.75) is 26.3 Å². The summed E-state index contributed by atoms with van der Waals surface area (Å²) in [5.41, 5.74) is 1.28. The summed E-state index contributed by atoms with van der Waals surface area (Å²) in [6, 6.07) is 4.19. The number of ether oxygens (including phenoxy) is 1. The first-order valence-corrected chi connectivity index (χ1v) is 7.19. The molecule has 0 aromatic carbocycles. The number of hydrogen-bond acceptors (Lipinski definition) is 4. The van der Waals surface area contributed by atoms with Gasteiger partial charge in [-0.3, -0.25) is 0 Å². The maximum atomic E-state index is 5.05. The van der Waals surface area contributed by atoms with E-state index in [0.29, 0.717) is 0 Å². The van der Waals surface area contributed by atoms with Crippen molar-refractivity contribution in [3.05, 3.63) is 23.9 Å². The summed E-state index contributed by atoms with van der Waals surface area (Å²) < 4.78 is 5.05. The van der Waals surface area contributed by atoms with Gasteiger partial charge in [0.05, 0.1) is 6.61 Å². The Kier molecular flexibility index (Phi) is 5.61. The molecule has 4 heteroatoms. The molecule has 0 amide bonds. The van der Waals surface area contributed by atoms with Crippen molar-refractivity contribution in [2.75, 3.05) is 38.3 Å². The van der Waals surface area contributed by atoms with E-state index in [1.165, 1.54) is 18.4 Å². The van der Waals surface area contributed by atoms with E-state index < -0.39 is 0 Å². The molecule has 1 aliphatic rings. The number of nitrogens with zero attached hydrogens (tertiary/aromatic N) is 2. The lowest BCUT2D eigenvalue weighted by atomic mass is 10.00. The molecule has 1 N–H and O–H groups in total. The molecule has 2 heterocycles. The van der Waals surface area contributed by atoms with Crippen molar-refractivity contribution in [1.29, 1.82) is 0 Å². The Labute approximate surface area is 116 Å². The average molecular weight is 263 g/mol. The van der Waals surface area contributed by atoms with Gasteiger partial charge in [0.15, 0.2) is 0 Å². The predicted octanol–water partition coefficient (Wildman–Crippen LogP) is 2.05. The van der Waals surface area contributed by atoms with Gasteiger partial charge in [0.2, 0.25) is 0 Å². The van der Waals surface area contributed by atoms with Crippen LogP contribution in [-0.2, 0) is 11.3 Å². The van der Waals surface area contributed by atoms with E-state index in [2.05, 4.69) is 28.2 Å². The van der Waals surface area contributed by atoms with E-state index in [9.17, 15) is 0 Å². The third-order valence-corrected chi connectivity index (χ3v) is 3.62. The minimum absolute atomic E-state index is 0.746. The first-order valence-electron chi connectivity index (χ1n) is 7.19. The molecule has 1 aromatic rings. The predicted molar refractivity (Wildman–Crippen MR) is 78.4 cm³/mol. The first-order chi connectivity index (χ1) is 9.31. The van der Waals surface area contributed by atoms with Crippen molar-refractivity contribution in [1.82, 2.24) is 10.3 Å². The van der Waals surface area contributed by atoms with Gasteiger partial charge in [0.25, 0.3) is 0 Å². The van der Waals surface area contributed by atoms with Crippen LogP contribution in [0.4, 0.5) is 5.82 Å². The monoisotopic (exact) mass is 263 g/mol. The Morgan fingerprint density at radius 1 is 1.53 bits per heavy atom. The molecule has 2 rings (SSSR count). The average Bonchev–Trinajstić information content (AvgIpc) is 2.44. The van der Waals surface area contributed by atoms with Gasteiger partial charge in [-0.1, -0.05) is 13.0 Å². The highest BCUT2D eigenvalue weighted by molar-refractivity contribution is 5.47. The van der Waals surface area contributed by atoms with Crippen LogP contribution in [0.25, 0.3) is 0 Å². The molecule has 4 nitrogen and oxygen atoms in total. The molecule has 1 atom stereocenters. The maximum Gasteiger partial charge on any atom is 0.133 e. The highest BCUT2D eigenvalue weighted by atomic mass is 16.5. The summed E-state index contributed by atoms with van der Waals surface area (Å²) in [4.78, 5) is 7.02. The van der Waals surface area contributed by atoms with Crippen LogP contribution in [0, 0.1) is 5.92 Å². The lowest BCUT2D eigenvalue weighted by Crippen LogP contribution is -2.36. The Morgan fingerprint density at radius 2 is 2.42 bits per heavy atom. The van der Waals surface area contributed by atoms with Crippen LogP contribution < -0.4 is 10.2 Å². The second kappa shape index (κ2) is 7.46. The normalized spacial score (nSPS) is 19.7.